The molecule has 0 bridgehead atoms. The van der Waals surface area contributed by atoms with Crippen molar-refractivity contribution < 1.29 is 4.79 Å². The average Bonchev–Trinajstić information content (AvgIpc) is 3.41. The minimum atomic E-state index is -0.273. The predicted molar refractivity (Wildman–Crippen MR) is 106 cm³/mol. The number of carbonyl (C=O) groups excluding carboxylic acids is 1. The van der Waals surface area contributed by atoms with Crippen molar-refractivity contribution in [2.45, 2.75) is 6.04 Å². The number of rotatable bonds is 6. The number of amides is 1. The zero-order chi connectivity index (χ0) is 18.5. The number of thiazole rings is 1. The molecule has 134 valence electrons. The molecule has 9 heteroatoms. The van der Waals surface area contributed by atoms with Crippen molar-refractivity contribution in [1.29, 1.82) is 0 Å². The van der Waals surface area contributed by atoms with Gasteiger partial charge in [0, 0.05) is 17.8 Å². The molecular weight excluding hydrogens is 380 g/mol. The summed E-state index contributed by atoms with van der Waals surface area (Å²) in [4.78, 5) is 21.0. The van der Waals surface area contributed by atoms with Crippen molar-refractivity contribution in [3.63, 3.8) is 0 Å². The van der Waals surface area contributed by atoms with Gasteiger partial charge in [-0.1, -0.05) is 41.7 Å². The van der Waals surface area contributed by atoms with E-state index in [4.69, 9.17) is 0 Å². The molecule has 1 atom stereocenters. The zero-order valence-electron chi connectivity index (χ0n) is 13.9. The Labute approximate surface area is 163 Å². The molecule has 0 saturated heterocycles. The smallest absolute Gasteiger partial charge is 0.259 e. The quantitative estimate of drug-likeness (QED) is 0.516. The lowest BCUT2D eigenvalue weighted by atomic mass is 10.1. The number of anilines is 2. The third-order valence-corrected chi connectivity index (χ3v) is 5.18. The Morgan fingerprint density at radius 2 is 1.93 bits per heavy atom. The van der Waals surface area contributed by atoms with Crippen LogP contribution >= 0.6 is 22.7 Å². The van der Waals surface area contributed by atoms with Gasteiger partial charge in [-0.05, 0) is 17.7 Å². The minimum Gasteiger partial charge on any atom is -0.357 e. The van der Waals surface area contributed by atoms with Crippen molar-refractivity contribution in [1.82, 2.24) is 20.2 Å². The van der Waals surface area contributed by atoms with Crippen molar-refractivity contribution >= 4 is 39.5 Å². The van der Waals surface area contributed by atoms with E-state index in [1.165, 1.54) is 17.5 Å². The Kier molecular flexibility index (Phi) is 5.13. The van der Waals surface area contributed by atoms with Gasteiger partial charge in [-0.15, -0.1) is 21.5 Å². The van der Waals surface area contributed by atoms with Gasteiger partial charge in [0.15, 0.2) is 0 Å². The molecular formula is C18H14N6OS2. The van der Waals surface area contributed by atoms with E-state index in [2.05, 4.69) is 30.8 Å². The molecule has 27 heavy (non-hydrogen) atoms. The van der Waals surface area contributed by atoms with Gasteiger partial charge < -0.3 is 5.32 Å². The highest BCUT2D eigenvalue weighted by atomic mass is 32.1. The molecule has 7 nitrogen and oxygen atoms in total. The first-order valence-electron chi connectivity index (χ1n) is 8.04. The molecule has 0 fully saturated rings. The molecule has 0 saturated carbocycles. The third kappa shape index (κ3) is 4.15. The normalized spacial score (nSPS) is 11.7. The summed E-state index contributed by atoms with van der Waals surface area (Å²) >= 11 is 2.84. The van der Waals surface area contributed by atoms with Crippen molar-refractivity contribution in [2.24, 2.45) is 0 Å². The highest BCUT2D eigenvalue weighted by Gasteiger charge is 2.17. The molecule has 2 N–H and O–H groups in total. The van der Waals surface area contributed by atoms with Gasteiger partial charge in [-0.2, -0.15) is 0 Å². The van der Waals surface area contributed by atoms with Crippen LogP contribution in [0.15, 0.2) is 65.7 Å². The standard InChI is InChI=1S/C18H14N6OS2/c25-16(23-18-24-21-11-27-18)13-6-7-14(20-10-13)22-15(17-19-8-9-26-17)12-4-2-1-3-5-12/h1-11,15H,(H,20,22)(H,23,24,25). The van der Waals surface area contributed by atoms with E-state index >= 15 is 0 Å². The van der Waals surface area contributed by atoms with Gasteiger partial charge in [0.1, 0.15) is 22.4 Å². The van der Waals surface area contributed by atoms with Crippen LogP contribution in [0, 0.1) is 0 Å². The molecule has 0 aliphatic carbocycles. The Balaban J connectivity index is 1.51. The molecule has 1 unspecified atom stereocenters. The highest BCUT2D eigenvalue weighted by molar-refractivity contribution is 7.13. The minimum absolute atomic E-state index is 0.111. The van der Waals surface area contributed by atoms with E-state index in [0.29, 0.717) is 16.5 Å². The molecule has 0 spiro atoms. The summed E-state index contributed by atoms with van der Waals surface area (Å²) in [6, 6.07) is 13.4. The molecule has 0 aliphatic heterocycles. The Morgan fingerprint density at radius 3 is 2.59 bits per heavy atom. The first-order valence-corrected chi connectivity index (χ1v) is 9.80. The molecule has 0 radical (unpaired) electrons. The van der Waals surface area contributed by atoms with E-state index < -0.39 is 0 Å². The summed E-state index contributed by atoms with van der Waals surface area (Å²) in [5, 5.41) is 16.9. The summed E-state index contributed by atoms with van der Waals surface area (Å²) in [5.41, 5.74) is 3.09. The van der Waals surface area contributed by atoms with Crippen LogP contribution < -0.4 is 10.6 Å². The van der Waals surface area contributed by atoms with Gasteiger partial charge in [0.05, 0.1) is 5.56 Å². The molecule has 1 aromatic carbocycles. The summed E-state index contributed by atoms with van der Waals surface area (Å²) in [6.45, 7) is 0. The first-order chi connectivity index (χ1) is 13.3. The van der Waals surface area contributed by atoms with Crippen molar-refractivity contribution in [3.05, 3.63) is 81.9 Å². The van der Waals surface area contributed by atoms with Crippen LogP contribution in [-0.2, 0) is 0 Å². The second-order valence-electron chi connectivity index (χ2n) is 5.49. The number of pyridine rings is 1. The second-order valence-corrected chi connectivity index (χ2v) is 7.25. The fourth-order valence-electron chi connectivity index (χ4n) is 2.47. The Hall–Kier alpha value is -3.17. The zero-order valence-corrected chi connectivity index (χ0v) is 15.6. The average molecular weight is 394 g/mol. The van der Waals surface area contributed by atoms with E-state index in [9.17, 15) is 4.79 Å². The summed E-state index contributed by atoms with van der Waals surface area (Å²) in [5.74, 6) is 0.386. The van der Waals surface area contributed by atoms with Crippen LogP contribution in [0.2, 0.25) is 0 Å². The summed E-state index contributed by atoms with van der Waals surface area (Å²) in [6.07, 6.45) is 3.31. The highest BCUT2D eigenvalue weighted by Crippen LogP contribution is 2.27. The number of nitrogens with zero attached hydrogens (tertiary/aromatic N) is 4. The van der Waals surface area contributed by atoms with E-state index in [0.717, 1.165) is 10.6 Å². The molecule has 0 aliphatic rings. The molecule has 4 rings (SSSR count). The van der Waals surface area contributed by atoms with Gasteiger partial charge in [0.2, 0.25) is 5.13 Å². The Bertz CT molecular complexity index is 988. The maximum Gasteiger partial charge on any atom is 0.259 e. The van der Waals surface area contributed by atoms with Crippen molar-refractivity contribution in [3.8, 4) is 0 Å². The molecule has 3 aromatic heterocycles. The van der Waals surface area contributed by atoms with Gasteiger partial charge in [0.25, 0.3) is 5.91 Å². The molecule has 3 heterocycles. The molecule has 1 amide bonds. The fraction of sp³-hybridized carbons (Fsp3) is 0.0556. The number of benzene rings is 1. The van der Waals surface area contributed by atoms with Crippen LogP contribution in [-0.4, -0.2) is 26.1 Å². The van der Waals surface area contributed by atoms with Crippen LogP contribution in [0.25, 0.3) is 0 Å². The largest absolute Gasteiger partial charge is 0.357 e. The van der Waals surface area contributed by atoms with Crippen LogP contribution in [0.4, 0.5) is 10.9 Å². The number of hydrogen-bond donors (Lipinski definition) is 2. The first kappa shape index (κ1) is 17.3. The number of aromatic nitrogens is 4. The van der Waals surface area contributed by atoms with Crippen LogP contribution in [0.1, 0.15) is 27.0 Å². The fourth-order valence-corrected chi connectivity index (χ4v) is 3.62. The van der Waals surface area contributed by atoms with Gasteiger partial charge >= 0.3 is 0 Å². The lowest BCUT2D eigenvalue weighted by Crippen LogP contribution is -2.15. The lowest BCUT2D eigenvalue weighted by molar-refractivity contribution is 0.102. The number of nitrogens with one attached hydrogen (secondary N) is 2. The van der Waals surface area contributed by atoms with Crippen LogP contribution in [0.5, 0.6) is 0 Å². The van der Waals surface area contributed by atoms with Crippen molar-refractivity contribution in [2.75, 3.05) is 10.6 Å². The van der Waals surface area contributed by atoms with Crippen LogP contribution in [0.3, 0.4) is 0 Å². The Morgan fingerprint density at radius 1 is 1.04 bits per heavy atom. The van der Waals surface area contributed by atoms with Gasteiger partial charge in [-0.25, -0.2) is 9.97 Å². The second kappa shape index (κ2) is 8.02. The number of carbonyl (C=O) groups is 1. The van der Waals surface area contributed by atoms with E-state index in [1.54, 1.807) is 35.2 Å². The van der Waals surface area contributed by atoms with E-state index in [-0.39, 0.29) is 11.9 Å². The molecule has 4 aromatic rings. The lowest BCUT2D eigenvalue weighted by Gasteiger charge is -2.17. The number of hydrogen-bond acceptors (Lipinski definition) is 8. The monoisotopic (exact) mass is 394 g/mol. The maximum atomic E-state index is 12.2. The maximum absolute atomic E-state index is 12.2. The predicted octanol–water partition coefficient (Wildman–Crippen LogP) is 3.84. The van der Waals surface area contributed by atoms with Gasteiger partial charge in [-0.3, -0.25) is 10.1 Å². The summed E-state index contributed by atoms with van der Waals surface area (Å²) in [7, 11) is 0. The third-order valence-electron chi connectivity index (χ3n) is 3.73. The summed E-state index contributed by atoms with van der Waals surface area (Å²) < 4.78 is 0. The topological polar surface area (TPSA) is 92.7 Å². The SMILES string of the molecule is O=C(Nc1nncs1)c1ccc(NC(c2ccccc2)c2nccs2)nc1. The van der Waals surface area contributed by atoms with E-state index in [1.807, 2.05) is 35.7 Å².